The SMILES string of the molecule is CSc1cccc(NC(=O)CN2CCC[C@H](C(N)=O)C2)c1. The minimum absolute atomic E-state index is 0.0571. The van der Waals surface area contributed by atoms with E-state index in [1.165, 1.54) is 0 Å². The van der Waals surface area contributed by atoms with E-state index in [1.807, 2.05) is 35.4 Å². The number of likely N-dealkylation sites (tertiary alicyclic amines) is 1. The van der Waals surface area contributed by atoms with Crippen molar-refractivity contribution in [2.24, 2.45) is 11.7 Å². The van der Waals surface area contributed by atoms with Crippen LogP contribution in [0, 0.1) is 5.92 Å². The molecule has 3 N–H and O–H groups in total. The van der Waals surface area contributed by atoms with E-state index >= 15 is 0 Å². The van der Waals surface area contributed by atoms with Crippen molar-refractivity contribution in [1.82, 2.24) is 4.90 Å². The van der Waals surface area contributed by atoms with Crippen molar-refractivity contribution in [1.29, 1.82) is 0 Å². The van der Waals surface area contributed by atoms with Gasteiger partial charge in [-0.15, -0.1) is 11.8 Å². The van der Waals surface area contributed by atoms with Crippen molar-refractivity contribution in [3.05, 3.63) is 24.3 Å². The van der Waals surface area contributed by atoms with Crippen LogP contribution in [0.2, 0.25) is 0 Å². The monoisotopic (exact) mass is 307 g/mol. The maximum atomic E-state index is 12.1. The average Bonchev–Trinajstić information content (AvgIpc) is 2.47. The summed E-state index contributed by atoms with van der Waals surface area (Å²) in [5.41, 5.74) is 6.15. The molecule has 0 unspecified atom stereocenters. The molecule has 1 aromatic rings. The first-order valence-electron chi connectivity index (χ1n) is 7.04. The first-order chi connectivity index (χ1) is 10.1. The van der Waals surface area contributed by atoms with E-state index in [0.29, 0.717) is 13.1 Å². The molecule has 1 aliphatic rings. The van der Waals surface area contributed by atoms with E-state index in [2.05, 4.69) is 5.32 Å². The van der Waals surface area contributed by atoms with Gasteiger partial charge in [-0.05, 0) is 43.8 Å². The van der Waals surface area contributed by atoms with Crippen LogP contribution >= 0.6 is 11.8 Å². The molecule has 0 bridgehead atoms. The van der Waals surface area contributed by atoms with Crippen LogP contribution in [0.3, 0.4) is 0 Å². The van der Waals surface area contributed by atoms with Gasteiger partial charge in [0.15, 0.2) is 0 Å². The Balaban J connectivity index is 1.87. The lowest BCUT2D eigenvalue weighted by Crippen LogP contribution is -2.44. The molecule has 6 heteroatoms. The van der Waals surface area contributed by atoms with Crippen LogP contribution in [0.1, 0.15) is 12.8 Å². The van der Waals surface area contributed by atoms with Gasteiger partial charge in [0.2, 0.25) is 11.8 Å². The van der Waals surface area contributed by atoms with Crippen LogP contribution in [-0.2, 0) is 9.59 Å². The summed E-state index contributed by atoms with van der Waals surface area (Å²) in [6.07, 6.45) is 3.73. The second-order valence-corrected chi connectivity index (χ2v) is 6.14. The third-order valence-electron chi connectivity index (χ3n) is 3.63. The molecule has 0 spiro atoms. The van der Waals surface area contributed by atoms with E-state index in [-0.39, 0.29) is 17.7 Å². The molecule has 2 amide bonds. The summed E-state index contributed by atoms with van der Waals surface area (Å²) in [4.78, 5) is 26.4. The minimum atomic E-state index is -0.271. The van der Waals surface area contributed by atoms with Gasteiger partial charge >= 0.3 is 0 Å². The Morgan fingerprint density at radius 2 is 2.29 bits per heavy atom. The first kappa shape index (κ1) is 15.9. The van der Waals surface area contributed by atoms with Crippen LogP contribution in [0.25, 0.3) is 0 Å². The molecule has 1 fully saturated rings. The number of hydrogen-bond donors (Lipinski definition) is 2. The number of carbonyl (C=O) groups is 2. The van der Waals surface area contributed by atoms with Crippen molar-refractivity contribution in [2.45, 2.75) is 17.7 Å². The fourth-order valence-electron chi connectivity index (χ4n) is 2.54. The molecule has 0 aliphatic carbocycles. The highest BCUT2D eigenvalue weighted by molar-refractivity contribution is 7.98. The number of benzene rings is 1. The van der Waals surface area contributed by atoms with E-state index in [1.54, 1.807) is 11.8 Å². The highest BCUT2D eigenvalue weighted by Crippen LogP contribution is 2.19. The van der Waals surface area contributed by atoms with E-state index in [4.69, 9.17) is 5.73 Å². The van der Waals surface area contributed by atoms with E-state index in [0.717, 1.165) is 30.0 Å². The maximum Gasteiger partial charge on any atom is 0.238 e. The Labute approximate surface area is 129 Å². The van der Waals surface area contributed by atoms with Crippen LogP contribution in [-0.4, -0.2) is 42.6 Å². The van der Waals surface area contributed by atoms with Crippen molar-refractivity contribution < 1.29 is 9.59 Å². The molecule has 1 heterocycles. The molecular weight excluding hydrogens is 286 g/mol. The van der Waals surface area contributed by atoms with Gasteiger partial charge in [0, 0.05) is 17.1 Å². The predicted molar refractivity (Wildman–Crippen MR) is 85.2 cm³/mol. The molecule has 2 rings (SSSR count). The summed E-state index contributed by atoms with van der Waals surface area (Å²) < 4.78 is 0. The zero-order valence-corrected chi connectivity index (χ0v) is 13.0. The molecule has 21 heavy (non-hydrogen) atoms. The lowest BCUT2D eigenvalue weighted by Gasteiger charge is -2.30. The number of nitrogens with zero attached hydrogens (tertiary/aromatic N) is 1. The standard InChI is InChI=1S/C15H21N3O2S/c1-21-13-6-2-5-12(8-13)17-14(19)10-18-7-3-4-11(9-18)15(16)20/h2,5-6,8,11H,3-4,7,9-10H2,1H3,(H2,16,20)(H,17,19)/t11-/m0/s1. The molecule has 1 aliphatic heterocycles. The van der Waals surface area contributed by atoms with Gasteiger partial charge < -0.3 is 11.1 Å². The number of nitrogens with one attached hydrogen (secondary N) is 1. The number of anilines is 1. The molecule has 114 valence electrons. The fraction of sp³-hybridized carbons (Fsp3) is 0.467. The fourth-order valence-corrected chi connectivity index (χ4v) is 3.00. The van der Waals surface area contributed by atoms with Crippen molar-refractivity contribution in [2.75, 3.05) is 31.2 Å². The third kappa shape index (κ3) is 4.75. The number of rotatable bonds is 5. The molecule has 0 saturated carbocycles. The van der Waals surface area contributed by atoms with Gasteiger partial charge in [-0.2, -0.15) is 0 Å². The number of amides is 2. The van der Waals surface area contributed by atoms with Crippen LogP contribution < -0.4 is 11.1 Å². The topological polar surface area (TPSA) is 75.4 Å². The van der Waals surface area contributed by atoms with Crippen LogP contribution in [0.4, 0.5) is 5.69 Å². The second-order valence-electron chi connectivity index (χ2n) is 5.26. The molecule has 1 saturated heterocycles. The quantitative estimate of drug-likeness (QED) is 0.809. The number of hydrogen-bond acceptors (Lipinski definition) is 4. The highest BCUT2D eigenvalue weighted by Gasteiger charge is 2.25. The number of carbonyl (C=O) groups excluding carboxylic acids is 2. The maximum absolute atomic E-state index is 12.1. The highest BCUT2D eigenvalue weighted by atomic mass is 32.2. The van der Waals surface area contributed by atoms with Gasteiger partial charge in [0.05, 0.1) is 12.5 Å². The Morgan fingerprint density at radius 1 is 1.48 bits per heavy atom. The normalized spacial score (nSPS) is 19.2. The zero-order chi connectivity index (χ0) is 15.2. The Morgan fingerprint density at radius 3 is 3.00 bits per heavy atom. The summed E-state index contributed by atoms with van der Waals surface area (Å²) in [7, 11) is 0. The van der Waals surface area contributed by atoms with Gasteiger partial charge in [-0.25, -0.2) is 0 Å². The summed E-state index contributed by atoms with van der Waals surface area (Å²) in [5.74, 6) is -0.461. The number of thioether (sulfide) groups is 1. The summed E-state index contributed by atoms with van der Waals surface area (Å²) >= 11 is 1.64. The summed E-state index contributed by atoms with van der Waals surface area (Å²) in [6, 6.07) is 7.75. The summed E-state index contributed by atoms with van der Waals surface area (Å²) in [5, 5.41) is 2.90. The number of piperidine rings is 1. The Kier molecular flexibility index (Phi) is 5.64. The van der Waals surface area contributed by atoms with Crippen LogP contribution in [0.5, 0.6) is 0 Å². The van der Waals surface area contributed by atoms with Crippen molar-refractivity contribution >= 4 is 29.3 Å². The predicted octanol–water partition coefficient (Wildman–Crippen LogP) is 1.54. The van der Waals surface area contributed by atoms with Gasteiger partial charge in [-0.3, -0.25) is 14.5 Å². The minimum Gasteiger partial charge on any atom is -0.369 e. The zero-order valence-electron chi connectivity index (χ0n) is 12.2. The molecule has 0 radical (unpaired) electrons. The summed E-state index contributed by atoms with van der Waals surface area (Å²) in [6.45, 7) is 1.71. The van der Waals surface area contributed by atoms with Crippen LogP contribution in [0.15, 0.2) is 29.2 Å². The molecule has 0 aromatic heterocycles. The molecule has 1 atom stereocenters. The van der Waals surface area contributed by atoms with Crippen molar-refractivity contribution in [3.8, 4) is 0 Å². The Hall–Kier alpha value is -1.53. The largest absolute Gasteiger partial charge is 0.369 e. The van der Waals surface area contributed by atoms with Gasteiger partial charge in [0.25, 0.3) is 0 Å². The number of nitrogens with two attached hydrogens (primary N) is 1. The van der Waals surface area contributed by atoms with E-state index in [9.17, 15) is 9.59 Å². The van der Waals surface area contributed by atoms with Crippen molar-refractivity contribution in [3.63, 3.8) is 0 Å². The lowest BCUT2D eigenvalue weighted by molar-refractivity contribution is -0.125. The lowest BCUT2D eigenvalue weighted by atomic mass is 9.97. The smallest absolute Gasteiger partial charge is 0.238 e. The second kappa shape index (κ2) is 7.47. The molecule has 5 nitrogen and oxygen atoms in total. The van der Waals surface area contributed by atoms with Gasteiger partial charge in [-0.1, -0.05) is 6.07 Å². The first-order valence-corrected chi connectivity index (χ1v) is 8.26. The average molecular weight is 307 g/mol. The molecular formula is C15H21N3O2S. The molecule has 1 aromatic carbocycles. The van der Waals surface area contributed by atoms with Gasteiger partial charge in [0.1, 0.15) is 0 Å². The number of primary amides is 1. The van der Waals surface area contributed by atoms with E-state index < -0.39 is 0 Å². The Bertz CT molecular complexity index is 521. The third-order valence-corrected chi connectivity index (χ3v) is 4.35.